The van der Waals surface area contributed by atoms with Gasteiger partial charge in [-0.1, -0.05) is 13.8 Å². The number of aliphatic carboxylic acids is 1. The smallest absolute Gasteiger partial charge is 0.317 e. The van der Waals surface area contributed by atoms with Gasteiger partial charge >= 0.3 is 5.97 Å². The van der Waals surface area contributed by atoms with Crippen molar-refractivity contribution in [2.24, 2.45) is 5.92 Å². The maximum Gasteiger partial charge on any atom is 0.317 e. The van der Waals surface area contributed by atoms with Crippen molar-refractivity contribution in [3.05, 3.63) is 16.1 Å². The first-order valence-electron chi connectivity index (χ1n) is 8.10. The number of hydrogen-bond acceptors (Lipinski definition) is 6. The first kappa shape index (κ1) is 18.8. The second-order valence-electron chi connectivity index (χ2n) is 6.56. The number of ether oxygens (including phenoxy) is 1. The molecule has 0 bridgehead atoms. The van der Waals surface area contributed by atoms with Crippen LogP contribution in [0, 0.1) is 5.92 Å². The molecule has 24 heavy (non-hydrogen) atoms. The largest absolute Gasteiger partial charge is 0.480 e. The lowest BCUT2D eigenvalue weighted by Crippen LogP contribution is -2.49. The van der Waals surface area contributed by atoms with Gasteiger partial charge in [0.25, 0.3) is 5.91 Å². The zero-order chi connectivity index (χ0) is 17.7. The molecular weight excluding hydrogens is 330 g/mol. The van der Waals surface area contributed by atoms with Gasteiger partial charge in [0.2, 0.25) is 0 Å². The van der Waals surface area contributed by atoms with Crippen LogP contribution in [-0.2, 0) is 16.0 Å². The summed E-state index contributed by atoms with van der Waals surface area (Å²) >= 11 is 1.53. The molecule has 1 unspecified atom stereocenters. The molecule has 1 N–H and O–H groups in total. The van der Waals surface area contributed by atoms with Crippen LogP contribution in [0.1, 0.15) is 29.3 Å². The van der Waals surface area contributed by atoms with Crippen LogP contribution in [0.2, 0.25) is 0 Å². The maximum atomic E-state index is 12.6. The predicted octanol–water partition coefficient (Wildman–Crippen LogP) is 1.20. The number of carboxylic acid groups (broad SMARTS) is 1. The number of nitrogens with zero attached hydrogens (tertiary/aromatic N) is 3. The summed E-state index contributed by atoms with van der Waals surface area (Å²) in [5.41, 5.74) is 0.496. The molecule has 8 heteroatoms. The fourth-order valence-corrected chi connectivity index (χ4v) is 3.65. The van der Waals surface area contributed by atoms with Gasteiger partial charge in [-0.15, -0.1) is 11.3 Å². The molecule has 1 fully saturated rings. The number of morpholine rings is 1. The van der Waals surface area contributed by atoms with Gasteiger partial charge < -0.3 is 14.7 Å². The number of rotatable bonds is 7. The Morgan fingerprint density at radius 3 is 2.96 bits per heavy atom. The van der Waals surface area contributed by atoms with Crippen molar-refractivity contribution < 1.29 is 19.4 Å². The Labute approximate surface area is 146 Å². The fourth-order valence-electron chi connectivity index (χ4n) is 2.67. The Morgan fingerprint density at radius 2 is 2.29 bits per heavy atom. The van der Waals surface area contributed by atoms with Gasteiger partial charge in [-0.05, 0) is 13.0 Å². The fraction of sp³-hybridized carbons (Fsp3) is 0.688. The van der Waals surface area contributed by atoms with E-state index in [2.05, 4.69) is 18.8 Å². The maximum absolute atomic E-state index is 12.6. The highest BCUT2D eigenvalue weighted by Crippen LogP contribution is 2.17. The molecule has 7 nitrogen and oxygen atoms in total. The van der Waals surface area contributed by atoms with Gasteiger partial charge in [0.1, 0.15) is 5.69 Å². The van der Waals surface area contributed by atoms with Crippen molar-refractivity contribution in [2.45, 2.75) is 26.4 Å². The van der Waals surface area contributed by atoms with E-state index in [0.29, 0.717) is 37.9 Å². The Hall–Kier alpha value is -1.51. The van der Waals surface area contributed by atoms with Crippen LogP contribution < -0.4 is 0 Å². The van der Waals surface area contributed by atoms with E-state index >= 15 is 0 Å². The van der Waals surface area contributed by atoms with E-state index in [9.17, 15) is 9.59 Å². The molecule has 1 aliphatic rings. The molecule has 1 atom stereocenters. The van der Waals surface area contributed by atoms with E-state index in [0.717, 1.165) is 11.4 Å². The molecule has 0 saturated carbocycles. The number of hydrogen-bond donors (Lipinski definition) is 1. The molecule has 134 valence electrons. The van der Waals surface area contributed by atoms with E-state index in [4.69, 9.17) is 9.84 Å². The molecule has 1 aromatic rings. The Morgan fingerprint density at radius 1 is 1.54 bits per heavy atom. The predicted molar refractivity (Wildman–Crippen MR) is 91.4 cm³/mol. The summed E-state index contributed by atoms with van der Waals surface area (Å²) in [6.45, 7) is 6.14. The third-order valence-corrected chi connectivity index (χ3v) is 4.57. The summed E-state index contributed by atoms with van der Waals surface area (Å²) in [6, 6.07) is 0. The van der Waals surface area contributed by atoms with Crippen LogP contribution >= 0.6 is 11.3 Å². The zero-order valence-corrected chi connectivity index (χ0v) is 15.2. The second-order valence-corrected chi connectivity index (χ2v) is 7.50. The molecule has 0 spiro atoms. The topological polar surface area (TPSA) is 83.0 Å². The van der Waals surface area contributed by atoms with E-state index in [1.165, 1.54) is 11.3 Å². The Bertz CT molecular complexity index is 575. The molecule has 1 aromatic heterocycles. The SMILES string of the molecule is CC(C)Cc1nc(C(=O)N2CCOC(CN(C)CC(=O)O)C2)cs1. The van der Waals surface area contributed by atoms with E-state index in [-0.39, 0.29) is 18.6 Å². The normalized spacial score (nSPS) is 18.4. The Kier molecular flexibility index (Phi) is 6.70. The first-order valence-corrected chi connectivity index (χ1v) is 8.98. The summed E-state index contributed by atoms with van der Waals surface area (Å²) in [5, 5.41) is 11.6. The van der Waals surface area contributed by atoms with Crippen LogP contribution in [0.3, 0.4) is 0 Å². The molecule has 0 aliphatic carbocycles. The summed E-state index contributed by atoms with van der Waals surface area (Å²) in [6.07, 6.45) is 0.699. The highest BCUT2D eigenvalue weighted by Gasteiger charge is 2.27. The molecule has 0 aromatic carbocycles. The summed E-state index contributed by atoms with van der Waals surface area (Å²) in [5.74, 6) is -0.437. The van der Waals surface area contributed by atoms with Crippen LogP contribution in [-0.4, -0.2) is 77.7 Å². The highest BCUT2D eigenvalue weighted by atomic mass is 32.1. The van der Waals surface area contributed by atoms with Crippen molar-refractivity contribution in [3.8, 4) is 0 Å². The molecular formula is C16H25N3O4S. The van der Waals surface area contributed by atoms with Gasteiger partial charge in [-0.25, -0.2) is 4.98 Å². The molecule has 2 rings (SSSR count). The summed E-state index contributed by atoms with van der Waals surface area (Å²) in [4.78, 5) is 31.2. The lowest BCUT2D eigenvalue weighted by molar-refractivity contribution is -0.138. The van der Waals surface area contributed by atoms with Crippen molar-refractivity contribution in [1.29, 1.82) is 0 Å². The van der Waals surface area contributed by atoms with Crippen LogP contribution in [0.25, 0.3) is 0 Å². The molecule has 0 radical (unpaired) electrons. The van der Waals surface area contributed by atoms with Gasteiger partial charge in [0.05, 0.1) is 24.3 Å². The third-order valence-electron chi connectivity index (χ3n) is 3.70. The van der Waals surface area contributed by atoms with Crippen LogP contribution in [0.4, 0.5) is 0 Å². The zero-order valence-electron chi connectivity index (χ0n) is 14.4. The lowest BCUT2D eigenvalue weighted by atomic mass is 10.1. The van der Waals surface area contributed by atoms with Crippen molar-refractivity contribution in [3.63, 3.8) is 0 Å². The van der Waals surface area contributed by atoms with E-state index < -0.39 is 5.97 Å². The lowest BCUT2D eigenvalue weighted by Gasteiger charge is -2.34. The number of aromatic nitrogens is 1. The highest BCUT2D eigenvalue weighted by molar-refractivity contribution is 7.09. The summed E-state index contributed by atoms with van der Waals surface area (Å²) < 4.78 is 5.66. The first-order chi connectivity index (χ1) is 11.3. The van der Waals surface area contributed by atoms with Gasteiger partial charge in [-0.2, -0.15) is 0 Å². The summed E-state index contributed by atoms with van der Waals surface area (Å²) in [7, 11) is 1.73. The van der Waals surface area contributed by atoms with Crippen LogP contribution in [0.15, 0.2) is 5.38 Å². The van der Waals surface area contributed by atoms with Gasteiger partial charge in [0.15, 0.2) is 0 Å². The van der Waals surface area contributed by atoms with E-state index in [1.807, 2.05) is 5.38 Å². The second kappa shape index (κ2) is 8.55. The Balaban J connectivity index is 1.92. The quantitative estimate of drug-likeness (QED) is 0.791. The average molecular weight is 355 g/mol. The number of thiazole rings is 1. The van der Waals surface area contributed by atoms with Crippen molar-refractivity contribution in [1.82, 2.24) is 14.8 Å². The van der Waals surface area contributed by atoms with Crippen molar-refractivity contribution in [2.75, 3.05) is 39.8 Å². The monoisotopic (exact) mass is 355 g/mol. The molecule has 2 heterocycles. The average Bonchev–Trinajstić information content (AvgIpc) is 2.93. The third kappa shape index (κ3) is 5.54. The minimum Gasteiger partial charge on any atom is -0.480 e. The molecule has 1 aliphatic heterocycles. The number of likely N-dealkylation sites (N-methyl/N-ethyl adjacent to an activating group) is 1. The molecule has 1 saturated heterocycles. The van der Waals surface area contributed by atoms with Crippen molar-refractivity contribution >= 4 is 23.2 Å². The van der Waals surface area contributed by atoms with Gasteiger partial charge in [0, 0.05) is 31.4 Å². The number of carbonyl (C=O) groups excluding carboxylic acids is 1. The standard InChI is InChI=1S/C16H25N3O4S/c1-11(2)6-14-17-13(10-24-14)16(22)19-4-5-23-12(8-19)7-18(3)9-15(20)21/h10-12H,4-9H2,1-3H3,(H,20,21). The number of carboxylic acids is 1. The minimum absolute atomic E-state index is 0.0432. The minimum atomic E-state index is -0.874. The number of amides is 1. The van der Waals surface area contributed by atoms with Crippen LogP contribution in [0.5, 0.6) is 0 Å². The van der Waals surface area contributed by atoms with Gasteiger partial charge in [-0.3, -0.25) is 14.5 Å². The number of carbonyl (C=O) groups is 2. The van der Waals surface area contributed by atoms with E-state index in [1.54, 1.807) is 16.8 Å². The molecule has 1 amide bonds.